The van der Waals surface area contributed by atoms with E-state index in [-0.39, 0.29) is 0 Å². The van der Waals surface area contributed by atoms with Crippen molar-refractivity contribution in [1.29, 1.82) is 0 Å². The van der Waals surface area contributed by atoms with Gasteiger partial charge in [0.25, 0.3) is 5.91 Å². The summed E-state index contributed by atoms with van der Waals surface area (Å²) in [6.45, 7) is 5.29. The second-order valence-corrected chi connectivity index (χ2v) is 4.99. The highest BCUT2D eigenvalue weighted by Gasteiger charge is 2.07. The Balaban J connectivity index is 2.49. The van der Waals surface area contributed by atoms with Gasteiger partial charge in [0.15, 0.2) is 0 Å². The number of nitrogens with one attached hydrogen (secondary N) is 1. The number of rotatable bonds is 7. The van der Waals surface area contributed by atoms with Crippen molar-refractivity contribution >= 4 is 17.3 Å². The number of primary amides is 1. The normalized spacial score (nSPS) is 10.6. The van der Waals surface area contributed by atoms with E-state index < -0.39 is 5.91 Å². The van der Waals surface area contributed by atoms with Crippen LogP contribution in [0.15, 0.2) is 18.2 Å². The zero-order valence-corrected chi connectivity index (χ0v) is 11.2. The third-order valence-electron chi connectivity index (χ3n) is 2.83. The van der Waals surface area contributed by atoms with Crippen LogP contribution >= 0.6 is 0 Å². The van der Waals surface area contributed by atoms with Gasteiger partial charge in [-0.3, -0.25) is 4.79 Å². The van der Waals surface area contributed by atoms with Crippen molar-refractivity contribution in [2.75, 3.05) is 17.6 Å². The number of carbonyl (C=O) groups is 1. The van der Waals surface area contributed by atoms with Crippen molar-refractivity contribution in [3.8, 4) is 0 Å². The monoisotopic (exact) mass is 249 g/mol. The fraction of sp³-hybridized carbons (Fsp3) is 0.500. The smallest absolute Gasteiger partial charge is 0.250 e. The fourth-order valence-corrected chi connectivity index (χ4v) is 1.82. The van der Waals surface area contributed by atoms with Gasteiger partial charge < -0.3 is 16.8 Å². The number of unbranched alkanes of at least 4 members (excludes halogenated alkanes) is 1. The van der Waals surface area contributed by atoms with Gasteiger partial charge in [-0.2, -0.15) is 0 Å². The minimum absolute atomic E-state index is 0.452. The number of nitrogens with two attached hydrogens (primary N) is 2. The van der Waals surface area contributed by atoms with Crippen molar-refractivity contribution in [3.05, 3.63) is 23.8 Å². The maximum Gasteiger partial charge on any atom is 0.250 e. The first-order chi connectivity index (χ1) is 8.50. The predicted octanol–water partition coefficient (Wildman–Crippen LogP) is 2.61. The average molecular weight is 249 g/mol. The second kappa shape index (κ2) is 6.89. The van der Waals surface area contributed by atoms with Crippen LogP contribution in [0.1, 0.15) is 43.5 Å². The highest BCUT2D eigenvalue weighted by Crippen LogP contribution is 2.18. The molecular formula is C14H23N3O. The molecule has 0 saturated heterocycles. The standard InChI is InChI=1S/C14H23N3O/c1-10(2)5-3-4-8-17-13-7-6-11(15)9-12(13)14(16)18/h6-7,9-10,17H,3-5,8,15H2,1-2H3,(H2,16,18). The van der Waals surface area contributed by atoms with Gasteiger partial charge >= 0.3 is 0 Å². The molecule has 5 N–H and O–H groups in total. The zero-order chi connectivity index (χ0) is 13.5. The van der Waals surface area contributed by atoms with Crippen molar-refractivity contribution in [2.45, 2.75) is 33.1 Å². The van der Waals surface area contributed by atoms with Crippen LogP contribution in [0, 0.1) is 5.92 Å². The molecule has 0 aromatic heterocycles. The highest BCUT2D eigenvalue weighted by atomic mass is 16.1. The van der Waals surface area contributed by atoms with Gasteiger partial charge in [-0.05, 0) is 30.5 Å². The van der Waals surface area contributed by atoms with Gasteiger partial charge in [0, 0.05) is 17.9 Å². The molecule has 0 unspecified atom stereocenters. The summed E-state index contributed by atoms with van der Waals surface area (Å²) < 4.78 is 0. The molecule has 0 aliphatic carbocycles. The van der Waals surface area contributed by atoms with Gasteiger partial charge in [-0.25, -0.2) is 0 Å². The SMILES string of the molecule is CC(C)CCCCNc1ccc(N)cc1C(N)=O. The Morgan fingerprint density at radius 3 is 2.67 bits per heavy atom. The lowest BCUT2D eigenvalue weighted by atomic mass is 10.1. The summed E-state index contributed by atoms with van der Waals surface area (Å²) in [4.78, 5) is 11.3. The maximum atomic E-state index is 11.3. The van der Waals surface area contributed by atoms with Gasteiger partial charge in [-0.15, -0.1) is 0 Å². The van der Waals surface area contributed by atoms with E-state index in [1.165, 1.54) is 12.8 Å². The van der Waals surface area contributed by atoms with Crippen molar-refractivity contribution < 1.29 is 4.79 Å². The molecule has 0 aliphatic heterocycles. The third-order valence-corrected chi connectivity index (χ3v) is 2.83. The van der Waals surface area contributed by atoms with E-state index in [1.54, 1.807) is 18.2 Å². The highest BCUT2D eigenvalue weighted by molar-refractivity contribution is 5.99. The molecule has 0 saturated carbocycles. The second-order valence-electron chi connectivity index (χ2n) is 4.99. The van der Waals surface area contributed by atoms with Crippen LogP contribution in [0.4, 0.5) is 11.4 Å². The summed E-state index contributed by atoms with van der Waals surface area (Å²) in [5.41, 5.74) is 12.7. The van der Waals surface area contributed by atoms with Crippen LogP contribution in [0.3, 0.4) is 0 Å². The van der Waals surface area contributed by atoms with E-state index in [9.17, 15) is 4.79 Å². The van der Waals surface area contributed by atoms with E-state index in [4.69, 9.17) is 11.5 Å². The Morgan fingerprint density at radius 1 is 1.33 bits per heavy atom. The summed E-state index contributed by atoms with van der Waals surface area (Å²) in [6, 6.07) is 5.18. The minimum Gasteiger partial charge on any atom is -0.399 e. The van der Waals surface area contributed by atoms with Crippen LogP contribution in [0.2, 0.25) is 0 Å². The number of benzene rings is 1. The molecular weight excluding hydrogens is 226 g/mol. The largest absolute Gasteiger partial charge is 0.399 e. The average Bonchev–Trinajstić information content (AvgIpc) is 2.29. The Kier molecular flexibility index (Phi) is 5.49. The van der Waals surface area contributed by atoms with E-state index in [0.29, 0.717) is 11.3 Å². The molecule has 0 bridgehead atoms. The van der Waals surface area contributed by atoms with Crippen LogP contribution < -0.4 is 16.8 Å². The number of nitrogen functional groups attached to an aromatic ring is 1. The fourth-order valence-electron chi connectivity index (χ4n) is 1.82. The number of amides is 1. The number of hydrogen-bond acceptors (Lipinski definition) is 3. The summed E-state index contributed by atoms with van der Waals surface area (Å²) in [5, 5.41) is 3.24. The molecule has 1 aromatic carbocycles. The van der Waals surface area contributed by atoms with Crippen LogP contribution in [0.25, 0.3) is 0 Å². The molecule has 4 heteroatoms. The topological polar surface area (TPSA) is 81.1 Å². The van der Waals surface area contributed by atoms with Crippen LogP contribution in [0.5, 0.6) is 0 Å². The first kappa shape index (κ1) is 14.4. The molecule has 0 spiro atoms. The molecule has 1 rings (SSSR count). The molecule has 18 heavy (non-hydrogen) atoms. The number of hydrogen-bond donors (Lipinski definition) is 3. The molecule has 4 nitrogen and oxygen atoms in total. The van der Waals surface area contributed by atoms with Crippen molar-refractivity contribution in [2.24, 2.45) is 11.7 Å². The van der Waals surface area contributed by atoms with Crippen molar-refractivity contribution in [3.63, 3.8) is 0 Å². The molecule has 0 heterocycles. The molecule has 0 radical (unpaired) electrons. The summed E-state index contributed by atoms with van der Waals surface area (Å²) in [6.07, 6.45) is 3.50. The molecule has 1 aromatic rings. The summed E-state index contributed by atoms with van der Waals surface area (Å²) >= 11 is 0. The van der Waals surface area contributed by atoms with Crippen LogP contribution in [-0.2, 0) is 0 Å². The van der Waals surface area contributed by atoms with E-state index in [0.717, 1.165) is 24.6 Å². The lowest BCUT2D eigenvalue weighted by molar-refractivity contribution is 0.100. The third kappa shape index (κ3) is 4.65. The predicted molar refractivity (Wildman–Crippen MR) is 76.6 cm³/mol. The maximum absolute atomic E-state index is 11.3. The number of carbonyl (C=O) groups excluding carboxylic acids is 1. The quantitative estimate of drug-likeness (QED) is 0.513. The minimum atomic E-state index is -0.452. The summed E-state index contributed by atoms with van der Waals surface area (Å²) in [5.74, 6) is 0.287. The van der Waals surface area contributed by atoms with Gasteiger partial charge in [-0.1, -0.05) is 26.7 Å². The lowest BCUT2D eigenvalue weighted by Gasteiger charge is -2.11. The Morgan fingerprint density at radius 2 is 2.06 bits per heavy atom. The van der Waals surface area contributed by atoms with Crippen LogP contribution in [-0.4, -0.2) is 12.5 Å². The van der Waals surface area contributed by atoms with E-state index >= 15 is 0 Å². The Bertz CT molecular complexity index is 402. The van der Waals surface area contributed by atoms with Gasteiger partial charge in [0.05, 0.1) is 5.56 Å². The Hall–Kier alpha value is -1.71. The molecule has 1 amide bonds. The molecule has 100 valence electrons. The van der Waals surface area contributed by atoms with Crippen molar-refractivity contribution in [1.82, 2.24) is 0 Å². The van der Waals surface area contributed by atoms with E-state index in [2.05, 4.69) is 19.2 Å². The summed E-state index contributed by atoms with van der Waals surface area (Å²) in [7, 11) is 0. The number of anilines is 2. The molecule has 0 aliphatic rings. The first-order valence-electron chi connectivity index (χ1n) is 6.44. The zero-order valence-electron chi connectivity index (χ0n) is 11.2. The van der Waals surface area contributed by atoms with Gasteiger partial charge in [0.2, 0.25) is 0 Å². The molecule has 0 atom stereocenters. The molecule has 0 fully saturated rings. The lowest BCUT2D eigenvalue weighted by Crippen LogP contribution is -2.15. The van der Waals surface area contributed by atoms with Gasteiger partial charge in [0.1, 0.15) is 0 Å². The first-order valence-corrected chi connectivity index (χ1v) is 6.44. The van der Waals surface area contributed by atoms with E-state index in [1.807, 2.05) is 0 Å². The Labute approximate surface area is 109 Å².